The van der Waals surface area contributed by atoms with Crippen LogP contribution in [0.2, 0.25) is 0 Å². The van der Waals surface area contributed by atoms with Crippen LogP contribution in [0.4, 0.5) is 5.69 Å². The van der Waals surface area contributed by atoms with Gasteiger partial charge in [-0.3, -0.25) is 10.1 Å². The largest absolute Gasteiger partial charge is 2.00 e. The number of nitro groups is 1. The number of non-ortho nitro benzene ring substituents is 1. The maximum atomic E-state index is 10.6. The van der Waals surface area contributed by atoms with E-state index in [0.717, 1.165) is 43.9 Å². The molecule has 0 heterocycles. The van der Waals surface area contributed by atoms with E-state index in [4.69, 9.17) is 10.4 Å². The normalized spacial score (nSPS) is 18.4. The Morgan fingerprint density at radius 2 is 1.63 bits per heavy atom. The van der Waals surface area contributed by atoms with Crippen LogP contribution in [0.5, 0.6) is 0 Å². The van der Waals surface area contributed by atoms with Crippen molar-refractivity contribution in [2.45, 2.75) is 44.2 Å². The molecule has 0 bridgehead atoms. The van der Waals surface area contributed by atoms with Crippen LogP contribution in [0.15, 0.2) is 18.2 Å². The van der Waals surface area contributed by atoms with Crippen molar-refractivity contribution in [2.75, 3.05) is 0 Å². The number of rotatable bonds is 6. The molecule has 2 rings (SSSR count). The summed E-state index contributed by atoms with van der Waals surface area (Å²) in [6.45, 7) is 0. The van der Waals surface area contributed by atoms with E-state index in [2.05, 4.69) is 11.0 Å². The van der Waals surface area contributed by atoms with Crippen LogP contribution in [-0.2, 0) is 32.3 Å². The van der Waals surface area contributed by atoms with E-state index in [1.807, 2.05) is 0 Å². The summed E-state index contributed by atoms with van der Waals surface area (Å²) in [6.07, 6.45) is 3.38. The Kier molecular flexibility index (Phi) is 11.6. The molecule has 0 spiro atoms. The Bertz CT molecular complexity index is 646. The number of hydroxylamine groups is 2. The summed E-state index contributed by atoms with van der Waals surface area (Å²) < 4.78 is 0. The minimum Gasteiger partial charge on any atom is -0.550 e. The van der Waals surface area contributed by atoms with Gasteiger partial charge in [0.25, 0.3) is 5.69 Å². The molecule has 1 aliphatic rings. The molecular formula is C15H19N3O8Pt. The van der Waals surface area contributed by atoms with Gasteiger partial charge in [-0.1, -0.05) is 12.8 Å². The van der Waals surface area contributed by atoms with E-state index in [1.165, 1.54) is 0 Å². The summed E-state index contributed by atoms with van der Waals surface area (Å²) in [7, 11) is 0. The van der Waals surface area contributed by atoms with Gasteiger partial charge in [0.2, 0.25) is 0 Å². The molecule has 11 nitrogen and oxygen atoms in total. The molecule has 152 valence electrons. The van der Waals surface area contributed by atoms with Gasteiger partial charge >= 0.3 is 21.1 Å². The molecule has 0 radical (unpaired) electrons. The molecule has 1 aromatic rings. The van der Waals surface area contributed by atoms with Gasteiger partial charge in [-0.25, -0.2) is 11.0 Å². The van der Waals surface area contributed by atoms with E-state index < -0.39 is 28.8 Å². The number of carbonyl (C=O) groups is 2. The summed E-state index contributed by atoms with van der Waals surface area (Å²) in [4.78, 5) is 30.6. The second-order valence-corrected chi connectivity index (χ2v) is 5.69. The van der Waals surface area contributed by atoms with Crippen molar-refractivity contribution in [3.8, 4) is 0 Å². The number of nitrogens with zero attached hydrogens (tertiary/aromatic N) is 1. The van der Waals surface area contributed by atoms with Crippen LogP contribution in [0.1, 0.15) is 41.6 Å². The molecule has 0 amide bonds. The van der Waals surface area contributed by atoms with Crippen molar-refractivity contribution in [3.63, 3.8) is 0 Å². The fourth-order valence-electron chi connectivity index (χ4n) is 2.63. The van der Waals surface area contributed by atoms with Crippen molar-refractivity contribution < 1.29 is 56.2 Å². The van der Waals surface area contributed by atoms with E-state index in [9.17, 15) is 29.9 Å². The number of aliphatic carboxylic acids is 1. The van der Waals surface area contributed by atoms with Gasteiger partial charge in [-0.2, -0.15) is 0 Å². The summed E-state index contributed by atoms with van der Waals surface area (Å²) in [5, 5.41) is 48.5. The number of carbonyl (C=O) groups excluding carboxylic acids is 2. The zero-order valence-corrected chi connectivity index (χ0v) is 16.3. The summed E-state index contributed by atoms with van der Waals surface area (Å²) >= 11 is 0. The van der Waals surface area contributed by atoms with Crippen LogP contribution < -0.4 is 21.2 Å². The first-order valence-electron chi connectivity index (χ1n) is 7.77. The van der Waals surface area contributed by atoms with Crippen LogP contribution in [-0.4, -0.2) is 39.4 Å². The molecule has 1 aliphatic carbocycles. The smallest absolute Gasteiger partial charge is 0.550 e. The third kappa shape index (κ3) is 8.10. The fraction of sp³-hybridized carbons (Fsp3) is 0.467. The molecule has 2 unspecified atom stereocenters. The molecule has 4 N–H and O–H groups in total. The van der Waals surface area contributed by atoms with Gasteiger partial charge < -0.3 is 30.2 Å². The first-order chi connectivity index (χ1) is 12.3. The first-order valence-corrected chi connectivity index (χ1v) is 7.77. The molecule has 2 atom stereocenters. The minimum atomic E-state index is -1.59. The van der Waals surface area contributed by atoms with Crippen LogP contribution in [0, 0.1) is 10.1 Å². The zero-order chi connectivity index (χ0) is 19.7. The van der Waals surface area contributed by atoms with Crippen molar-refractivity contribution >= 4 is 17.6 Å². The Morgan fingerprint density at radius 3 is 2.00 bits per heavy atom. The van der Waals surface area contributed by atoms with Crippen molar-refractivity contribution in [1.82, 2.24) is 11.0 Å². The van der Waals surface area contributed by atoms with E-state index in [0.29, 0.717) is 0 Å². The predicted octanol–water partition coefficient (Wildman–Crippen LogP) is -1.50. The summed E-state index contributed by atoms with van der Waals surface area (Å²) in [6, 6.07) is 2.80. The molecule has 0 saturated heterocycles. The van der Waals surface area contributed by atoms with Crippen molar-refractivity contribution in [2.24, 2.45) is 0 Å². The second kappa shape index (κ2) is 12.5. The third-order valence-corrected chi connectivity index (χ3v) is 3.95. The molecule has 12 heteroatoms. The number of nitrogens with one attached hydrogen (secondary N) is 2. The van der Waals surface area contributed by atoms with Gasteiger partial charge in [-0.05, 0) is 24.5 Å². The van der Waals surface area contributed by atoms with Crippen LogP contribution in [0.25, 0.3) is 0 Å². The quantitative estimate of drug-likeness (QED) is 0.234. The number of hydrogen-bond acceptors (Lipinski definition) is 10. The van der Waals surface area contributed by atoms with Gasteiger partial charge in [0, 0.05) is 42.2 Å². The van der Waals surface area contributed by atoms with Gasteiger partial charge in [0.05, 0.1) is 10.9 Å². The number of hydrogen-bond donors (Lipinski definition) is 4. The number of nitro benzene ring substituents is 1. The van der Waals surface area contributed by atoms with Gasteiger partial charge in [-0.15, -0.1) is 0 Å². The van der Waals surface area contributed by atoms with Crippen molar-refractivity contribution in [3.05, 3.63) is 39.4 Å². The number of aromatic carboxylic acids is 1. The molecular weight excluding hydrogens is 545 g/mol. The Hall–Kier alpha value is -1.91. The van der Waals surface area contributed by atoms with E-state index >= 15 is 0 Å². The Labute approximate surface area is 168 Å². The Balaban J connectivity index is 0.000000531. The summed E-state index contributed by atoms with van der Waals surface area (Å²) in [5.41, 5.74) is 3.37. The number of carboxylic acids is 2. The summed E-state index contributed by atoms with van der Waals surface area (Å²) in [5.74, 6) is -3.12. The van der Waals surface area contributed by atoms with E-state index in [-0.39, 0.29) is 44.4 Å². The third-order valence-electron chi connectivity index (χ3n) is 3.95. The molecule has 27 heavy (non-hydrogen) atoms. The molecule has 1 aromatic carbocycles. The maximum Gasteiger partial charge on any atom is 2.00 e. The number of benzene rings is 1. The average Bonchev–Trinajstić information content (AvgIpc) is 2.61. The second-order valence-electron chi connectivity index (χ2n) is 5.69. The maximum absolute atomic E-state index is 10.6. The predicted molar refractivity (Wildman–Crippen MR) is 82.0 cm³/mol. The van der Waals surface area contributed by atoms with E-state index in [1.54, 1.807) is 0 Å². The van der Waals surface area contributed by atoms with Crippen LogP contribution >= 0.6 is 0 Å². The standard InChI is InChI=1S/C9H7NO6.C6H14N2O2.Pt/c11-8(12)4-5-3-6(10(15)16)1-2-7(5)9(13)14;9-7-5-3-1-2-4-6(5)8-10;/h1-3H,4H2,(H,11,12)(H,13,14);5-10H,1-4H2;/q;;+2/p-2. The Morgan fingerprint density at radius 1 is 1.11 bits per heavy atom. The molecule has 0 aromatic heterocycles. The SMILES string of the molecule is O=C([O-])Cc1cc([N+](=O)[O-])ccc1C(=O)[O-].ONC1CCCCC1NO.[Pt+2]. The fourth-order valence-corrected chi connectivity index (χ4v) is 2.63. The number of carboxylic acid groups (broad SMARTS) is 2. The molecule has 1 fully saturated rings. The monoisotopic (exact) mass is 564 g/mol. The molecule has 1 saturated carbocycles. The van der Waals surface area contributed by atoms with Gasteiger partial charge in [0.1, 0.15) is 0 Å². The van der Waals surface area contributed by atoms with Crippen LogP contribution in [0.3, 0.4) is 0 Å². The zero-order valence-electron chi connectivity index (χ0n) is 14.0. The van der Waals surface area contributed by atoms with Crippen molar-refractivity contribution in [1.29, 1.82) is 0 Å². The first kappa shape index (κ1) is 25.1. The molecule has 0 aliphatic heterocycles. The average molecular weight is 564 g/mol. The van der Waals surface area contributed by atoms with Gasteiger partial charge in [0.15, 0.2) is 0 Å². The topological polar surface area (TPSA) is 188 Å². The minimum absolute atomic E-state index is 0.